The number of amides is 1. The first-order valence-electron chi connectivity index (χ1n) is 6.25. The van der Waals surface area contributed by atoms with Crippen molar-refractivity contribution < 1.29 is 24.2 Å². The summed E-state index contributed by atoms with van der Waals surface area (Å²) < 4.78 is 5.40. The zero-order valence-electron chi connectivity index (χ0n) is 11.8. The molecule has 114 valence electrons. The number of anilines is 1. The van der Waals surface area contributed by atoms with Crippen LogP contribution in [0.25, 0.3) is 0 Å². The van der Waals surface area contributed by atoms with E-state index in [4.69, 9.17) is 9.84 Å². The molecular formula is C14H17NO5S. The molecule has 1 aromatic rings. The van der Waals surface area contributed by atoms with Crippen molar-refractivity contribution >= 4 is 34.4 Å². The third-order valence-corrected chi connectivity index (χ3v) is 3.44. The van der Waals surface area contributed by atoms with Gasteiger partial charge in [-0.2, -0.15) is 0 Å². The van der Waals surface area contributed by atoms with Gasteiger partial charge in [0.1, 0.15) is 18.3 Å². The van der Waals surface area contributed by atoms with Crippen LogP contribution in [0.1, 0.15) is 13.8 Å². The van der Waals surface area contributed by atoms with Crippen LogP contribution < -0.4 is 10.1 Å². The number of ether oxygens (including phenoxy) is 1. The van der Waals surface area contributed by atoms with Crippen molar-refractivity contribution in [3.05, 3.63) is 24.3 Å². The number of carboxylic acids is 1. The number of benzene rings is 1. The second kappa shape index (κ2) is 8.31. The Labute approximate surface area is 126 Å². The van der Waals surface area contributed by atoms with Gasteiger partial charge in [0.2, 0.25) is 5.91 Å². The van der Waals surface area contributed by atoms with Crippen molar-refractivity contribution in [1.29, 1.82) is 0 Å². The Morgan fingerprint density at radius 3 is 2.33 bits per heavy atom. The normalized spacial score (nSPS) is 11.5. The fraction of sp³-hybridized carbons (Fsp3) is 0.357. The van der Waals surface area contributed by atoms with Crippen LogP contribution in [0.5, 0.6) is 5.75 Å². The number of aliphatic carboxylic acids is 1. The van der Waals surface area contributed by atoms with Gasteiger partial charge in [0, 0.05) is 25.3 Å². The maximum atomic E-state index is 11.1. The van der Waals surface area contributed by atoms with E-state index in [1.807, 2.05) is 0 Å². The summed E-state index contributed by atoms with van der Waals surface area (Å²) in [6.07, 6.45) is 0. The van der Waals surface area contributed by atoms with Gasteiger partial charge in [-0.1, -0.05) is 11.8 Å². The summed E-state index contributed by atoms with van der Waals surface area (Å²) in [5.41, 5.74) is 0.636. The standard InChI is InChI=1S/C14H17NO5S/c1-9(16)15-12-3-5-13(6-4-12)20-7-11(14(18)19)8-21-10(2)17/h3-6,11H,7-8H2,1-2H3,(H,15,16)(H,18,19). The van der Waals surface area contributed by atoms with Crippen LogP contribution >= 0.6 is 11.8 Å². The van der Waals surface area contributed by atoms with E-state index in [1.54, 1.807) is 24.3 Å². The lowest BCUT2D eigenvalue weighted by Crippen LogP contribution is -2.24. The molecule has 0 aliphatic carbocycles. The predicted octanol–water partition coefficient (Wildman–Crippen LogP) is 2.00. The molecule has 2 N–H and O–H groups in total. The fourth-order valence-electron chi connectivity index (χ4n) is 1.44. The smallest absolute Gasteiger partial charge is 0.310 e. The minimum atomic E-state index is -1.00. The number of carboxylic acid groups (broad SMARTS) is 1. The zero-order chi connectivity index (χ0) is 15.8. The number of nitrogens with one attached hydrogen (secondary N) is 1. The van der Waals surface area contributed by atoms with E-state index in [0.717, 1.165) is 11.8 Å². The van der Waals surface area contributed by atoms with Gasteiger partial charge in [-0.3, -0.25) is 14.4 Å². The third kappa shape index (κ3) is 6.80. The summed E-state index contributed by atoms with van der Waals surface area (Å²) in [6, 6.07) is 6.61. The maximum absolute atomic E-state index is 11.1. The molecule has 7 heteroatoms. The summed E-state index contributed by atoms with van der Waals surface area (Å²) in [5.74, 6) is -1.25. The second-order valence-corrected chi connectivity index (χ2v) is 5.55. The van der Waals surface area contributed by atoms with E-state index in [0.29, 0.717) is 11.4 Å². The quantitative estimate of drug-likeness (QED) is 0.800. The molecule has 1 amide bonds. The topological polar surface area (TPSA) is 92.7 Å². The van der Waals surface area contributed by atoms with Crippen molar-refractivity contribution in [2.45, 2.75) is 13.8 Å². The maximum Gasteiger partial charge on any atom is 0.310 e. The minimum absolute atomic E-state index is 0.0188. The van der Waals surface area contributed by atoms with Gasteiger partial charge in [-0.05, 0) is 24.3 Å². The molecule has 6 nitrogen and oxygen atoms in total. The van der Waals surface area contributed by atoms with Crippen molar-refractivity contribution in [2.24, 2.45) is 5.92 Å². The summed E-state index contributed by atoms with van der Waals surface area (Å²) >= 11 is 0.965. The van der Waals surface area contributed by atoms with Crippen LogP contribution in [0.15, 0.2) is 24.3 Å². The van der Waals surface area contributed by atoms with E-state index in [2.05, 4.69) is 5.32 Å². The molecule has 1 unspecified atom stereocenters. The Hall–Kier alpha value is -2.02. The van der Waals surface area contributed by atoms with Crippen LogP contribution in [-0.2, 0) is 14.4 Å². The summed E-state index contributed by atoms with van der Waals surface area (Å²) in [4.78, 5) is 32.8. The largest absolute Gasteiger partial charge is 0.493 e. The average Bonchev–Trinajstić information content (AvgIpc) is 2.39. The zero-order valence-corrected chi connectivity index (χ0v) is 12.6. The molecule has 0 bridgehead atoms. The Bertz CT molecular complexity index is 515. The molecule has 0 radical (unpaired) electrons. The molecule has 1 rings (SSSR count). The van der Waals surface area contributed by atoms with E-state index in [-0.39, 0.29) is 23.4 Å². The summed E-state index contributed by atoms with van der Waals surface area (Å²) in [6.45, 7) is 2.79. The van der Waals surface area contributed by atoms with Gasteiger partial charge in [-0.15, -0.1) is 0 Å². The third-order valence-electron chi connectivity index (χ3n) is 2.46. The lowest BCUT2D eigenvalue weighted by Gasteiger charge is -2.13. The number of rotatable bonds is 7. The predicted molar refractivity (Wildman–Crippen MR) is 80.5 cm³/mol. The van der Waals surface area contributed by atoms with E-state index in [9.17, 15) is 14.4 Å². The SMILES string of the molecule is CC(=O)Nc1ccc(OCC(CSC(C)=O)C(=O)O)cc1. The van der Waals surface area contributed by atoms with Crippen LogP contribution in [0.2, 0.25) is 0 Å². The number of thioether (sulfide) groups is 1. The highest BCUT2D eigenvalue weighted by Crippen LogP contribution is 2.18. The molecule has 0 saturated carbocycles. The molecule has 21 heavy (non-hydrogen) atoms. The first-order valence-corrected chi connectivity index (χ1v) is 7.23. The number of carbonyl (C=O) groups excluding carboxylic acids is 2. The highest BCUT2D eigenvalue weighted by Gasteiger charge is 2.19. The Morgan fingerprint density at radius 2 is 1.86 bits per heavy atom. The molecule has 0 aromatic heterocycles. The summed E-state index contributed by atoms with van der Waals surface area (Å²) in [5, 5.41) is 11.5. The first kappa shape index (κ1) is 17.0. The van der Waals surface area contributed by atoms with Crippen LogP contribution in [-0.4, -0.2) is 34.5 Å². The van der Waals surface area contributed by atoms with Gasteiger partial charge in [0.15, 0.2) is 5.12 Å². The lowest BCUT2D eigenvalue weighted by molar-refractivity contribution is -0.141. The van der Waals surface area contributed by atoms with Crippen molar-refractivity contribution in [3.63, 3.8) is 0 Å². The number of hydrogen-bond donors (Lipinski definition) is 2. The molecule has 0 spiro atoms. The summed E-state index contributed by atoms with van der Waals surface area (Å²) in [7, 11) is 0. The highest BCUT2D eigenvalue weighted by molar-refractivity contribution is 8.13. The molecule has 0 heterocycles. The van der Waals surface area contributed by atoms with E-state index >= 15 is 0 Å². The minimum Gasteiger partial charge on any atom is -0.493 e. The highest BCUT2D eigenvalue weighted by atomic mass is 32.2. The molecule has 0 aliphatic heterocycles. The fourth-order valence-corrected chi connectivity index (χ4v) is 2.12. The van der Waals surface area contributed by atoms with Gasteiger partial charge in [0.05, 0.1) is 0 Å². The monoisotopic (exact) mass is 311 g/mol. The number of carbonyl (C=O) groups is 3. The van der Waals surface area contributed by atoms with E-state index < -0.39 is 11.9 Å². The van der Waals surface area contributed by atoms with Crippen LogP contribution in [0.3, 0.4) is 0 Å². The van der Waals surface area contributed by atoms with E-state index in [1.165, 1.54) is 13.8 Å². The van der Waals surface area contributed by atoms with Gasteiger partial charge >= 0.3 is 5.97 Å². The van der Waals surface area contributed by atoms with Crippen LogP contribution in [0.4, 0.5) is 5.69 Å². The molecule has 0 fully saturated rings. The Kier molecular flexibility index (Phi) is 6.74. The number of hydrogen-bond acceptors (Lipinski definition) is 5. The molecule has 1 atom stereocenters. The second-order valence-electron chi connectivity index (χ2n) is 4.35. The van der Waals surface area contributed by atoms with Gasteiger partial charge in [-0.25, -0.2) is 0 Å². The van der Waals surface area contributed by atoms with Gasteiger partial charge in [0.25, 0.3) is 0 Å². The molecular weight excluding hydrogens is 294 g/mol. The van der Waals surface area contributed by atoms with Crippen molar-refractivity contribution in [3.8, 4) is 5.75 Å². The molecule has 0 saturated heterocycles. The van der Waals surface area contributed by atoms with Crippen LogP contribution in [0, 0.1) is 5.92 Å². The van der Waals surface area contributed by atoms with Crippen molar-refractivity contribution in [1.82, 2.24) is 0 Å². The average molecular weight is 311 g/mol. The van der Waals surface area contributed by atoms with Crippen molar-refractivity contribution in [2.75, 3.05) is 17.7 Å². The Balaban J connectivity index is 2.53. The van der Waals surface area contributed by atoms with Gasteiger partial charge < -0.3 is 15.2 Å². The first-order chi connectivity index (χ1) is 9.88. The molecule has 1 aromatic carbocycles. The molecule has 0 aliphatic rings. The lowest BCUT2D eigenvalue weighted by atomic mass is 10.2. The Morgan fingerprint density at radius 1 is 1.24 bits per heavy atom.